The van der Waals surface area contributed by atoms with E-state index in [4.69, 9.17) is 0 Å². The molecule has 1 saturated heterocycles. The van der Waals surface area contributed by atoms with E-state index in [2.05, 4.69) is 39.8 Å². The molecule has 2 heteroatoms. The second-order valence-corrected chi connectivity index (χ2v) is 4.35. The molecule has 0 aliphatic carbocycles. The largest absolute Gasteiger partial charge is 0.244 e. The predicted molar refractivity (Wildman–Crippen MR) is 48.6 cm³/mol. The van der Waals surface area contributed by atoms with Crippen molar-refractivity contribution in [2.24, 2.45) is 5.92 Å². The van der Waals surface area contributed by atoms with Gasteiger partial charge in [0, 0.05) is 35.5 Å². The molecule has 1 rings (SSSR count). The van der Waals surface area contributed by atoms with Crippen LogP contribution in [0.15, 0.2) is 0 Å². The zero-order chi connectivity index (χ0) is 6.85. The van der Waals surface area contributed by atoms with Gasteiger partial charge in [-0.05, 0) is 25.7 Å². The van der Waals surface area contributed by atoms with Crippen LogP contribution in [0.5, 0.6) is 0 Å². The second-order valence-electron chi connectivity index (χ2n) is 3.11. The molecule has 1 aliphatic heterocycles. The van der Waals surface area contributed by atoms with Gasteiger partial charge in [-0.1, -0.05) is 6.92 Å². The van der Waals surface area contributed by atoms with Gasteiger partial charge >= 0.3 is 0 Å². The van der Waals surface area contributed by atoms with E-state index < -0.39 is 0 Å². The molecule has 0 spiro atoms. The van der Waals surface area contributed by atoms with Gasteiger partial charge in [-0.2, -0.15) is 0 Å². The first kappa shape index (κ1) is 7.79. The molecule has 1 heterocycles. The SMILES string of the molecule is C[C@@H]1CC[C@@H](C)N(I)C1. The van der Waals surface area contributed by atoms with Crippen LogP contribution >= 0.6 is 22.9 Å². The van der Waals surface area contributed by atoms with Crippen molar-refractivity contribution in [3.8, 4) is 0 Å². The van der Waals surface area contributed by atoms with Crippen molar-refractivity contribution < 1.29 is 0 Å². The molecule has 1 nitrogen and oxygen atoms in total. The minimum absolute atomic E-state index is 0.807. The fourth-order valence-electron chi connectivity index (χ4n) is 1.23. The molecule has 0 bridgehead atoms. The number of nitrogens with zero attached hydrogens (tertiary/aromatic N) is 1. The van der Waals surface area contributed by atoms with Crippen LogP contribution in [0.3, 0.4) is 0 Å². The highest BCUT2D eigenvalue weighted by Gasteiger charge is 2.19. The fourth-order valence-corrected chi connectivity index (χ4v) is 2.19. The Morgan fingerprint density at radius 1 is 1.33 bits per heavy atom. The van der Waals surface area contributed by atoms with Gasteiger partial charge in [0.25, 0.3) is 0 Å². The van der Waals surface area contributed by atoms with E-state index in [0.717, 1.165) is 12.0 Å². The Morgan fingerprint density at radius 3 is 2.44 bits per heavy atom. The van der Waals surface area contributed by atoms with E-state index in [1.165, 1.54) is 19.4 Å². The third-order valence-electron chi connectivity index (χ3n) is 2.04. The van der Waals surface area contributed by atoms with E-state index in [1.54, 1.807) is 0 Å². The first-order chi connectivity index (χ1) is 4.20. The Bertz CT molecular complexity index is 94.9. The van der Waals surface area contributed by atoms with Gasteiger partial charge in [0.05, 0.1) is 0 Å². The monoisotopic (exact) mass is 239 g/mol. The van der Waals surface area contributed by atoms with Crippen LogP contribution in [-0.2, 0) is 0 Å². The normalized spacial score (nSPS) is 39.0. The minimum Gasteiger partial charge on any atom is -0.244 e. The van der Waals surface area contributed by atoms with Gasteiger partial charge in [0.1, 0.15) is 0 Å². The third-order valence-corrected chi connectivity index (χ3v) is 3.39. The molecule has 9 heavy (non-hydrogen) atoms. The Kier molecular flexibility index (Phi) is 2.76. The average molecular weight is 239 g/mol. The van der Waals surface area contributed by atoms with Gasteiger partial charge in [-0.15, -0.1) is 0 Å². The Labute approximate surface area is 71.3 Å². The topological polar surface area (TPSA) is 3.24 Å². The van der Waals surface area contributed by atoms with Crippen molar-refractivity contribution in [2.45, 2.75) is 32.7 Å². The van der Waals surface area contributed by atoms with Crippen molar-refractivity contribution in [3.05, 3.63) is 0 Å². The fraction of sp³-hybridized carbons (Fsp3) is 1.00. The number of halogens is 1. The summed E-state index contributed by atoms with van der Waals surface area (Å²) in [4.78, 5) is 0. The maximum atomic E-state index is 2.43. The van der Waals surface area contributed by atoms with E-state index in [1.807, 2.05) is 0 Å². The molecule has 54 valence electrons. The molecular formula is C7H14IN. The molecule has 0 N–H and O–H groups in total. The molecule has 0 saturated carbocycles. The quantitative estimate of drug-likeness (QED) is 0.463. The molecule has 0 aromatic carbocycles. The lowest BCUT2D eigenvalue weighted by Gasteiger charge is -2.31. The summed E-state index contributed by atoms with van der Waals surface area (Å²) in [6, 6.07) is 0.807. The lowest BCUT2D eigenvalue weighted by atomic mass is 9.98. The molecule has 1 fully saturated rings. The van der Waals surface area contributed by atoms with Crippen molar-refractivity contribution in [3.63, 3.8) is 0 Å². The summed E-state index contributed by atoms with van der Waals surface area (Å²) in [7, 11) is 0. The smallest absolute Gasteiger partial charge is 0.0204 e. The maximum absolute atomic E-state index is 2.43. The van der Waals surface area contributed by atoms with Crippen LogP contribution in [-0.4, -0.2) is 15.7 Å². The van der Waals surface area contributed by atoms with Crippen molar-refractivity contribution in [2.75, 3.05) is 6.54 Å². The average Bonchev–Trinajstić information content (AvgIpc) is 1.80. The first-order valence-electron chi connectivity index (χ1n) is 3.62. The van der Waals surface area contributed by atoms with E-state index >= 15 is 0 Å². The highest BCUT2D eigenvalue weighted by molar-refractivity contribution is 14.1. The van der Waals surface area contributed by atoms with Crippen LogP contribution in [0.25, 0.3) is 0 Å². The number of hydrogen-bond donors (Lipinski definition) is 0. The van der Waals surface area contributed by atoms with Gasteiger partial charge in [-0.25, -0.2) is 3.11 Å². The van der Waals surface area contributed by atoms with Crippen LogP contribution in [0, 0.1) is 5.92 Å². The predicted octanol–water partition coefficient (Wildman–Crippen LogP) is 2.46. The molecule has 0 unspecified atom stereocenters. The van der Waals surface area contributed by atoms with Gasteiger partial charge in [-0.3, -0.25) is 0 Å². The lowest BCUT2D eigenvalue weighted by Crippen LogP contribution is -2.33. The van der Waals surface area contributed by atoms with Crippen LogP contribution in [0.4, 0.5) is 0 Å². The zero-order valence-electron chi connectivity index (χ0n) is 6.10. The van der Waals surface area contributed by atoms with E-state index in [-0.39, 0.29) is 0 Å². The summed E-state index contributed by atoms with van der Waals surface area (Å²) < 4.78 is 2.42. The summed E-state index contributed by atoms with van der Waals surface area (Å²) in [5.74, 6) is 0.915. The Morgan fingerprint density at radius 2 is 2.00 bits per heavy atom. The van der Waals surface area contributed by atoms with Crippen LogP contribution in [0.1, 0.15) is 26.7 Å². The first-order valence-corrected chi connectivity index (χ1v) is 4.59. The van der Waals surface area contributed by atoms with Crippen LogP contribution < -0.4 is 0 Å². The zero-order valence-corrected chi connectivity index (χ0v) is 8.26. The standard InChI is InChI=1S/C7H14IN/c1-6-3-4-7(2)9(8)5-6/h6-7H,3-5H2,1-2H3/t6-,7-/m1/s1. The lowest BCUT2D eigenvalue weighted by molar-refractivity contribution is 0.255. The van der Waals surface area contributed by atoms with Crippen molar-refractivity contribution in [1.82, 2.24) is 3.11 Å². The highest BCUT2D eigenvalue weighted by Crippen LogP contribution is 2.23. The molecule has 0 aromatic heterocycles. The Hall–Kier alpha value is 0.690. The highest BCUT2D eigenvalue weighted by atomic mass is 127. The van der Waals surface area contributed by atoms with Crippen molar-refractivity contribution in [1.29, 1.82) is 0 Å². The molecule has 0 aromatic rings. The molecular weight excluding hydrogens is 225 g/mol. The molecule has 0 amide bonds. The Balaban J connectivity index is 2.35. The number of piperidine rings is 1. The molecule has 2 atom stereocenters. The summed E-state index contributed by atoms with van der Waals surface area (Å²) in [6.45, 7) is 5.91. The maximum Gasteiger partial charge on any atom is 0.0204 e. The van der Waals surface area contributed by atoms with E-state index in [0.29, 0.717) is 0 Å². The summed E-state index contributed by atoms with van der Waals surface area (Å²) in [6.07, 6.45) is 2.80. The summed E-state index contributed by atoms with van der Waals surface area (Å²) in [5.41, 5.74) is 0. The number of rotatable bonds is 0. The van der Waals surface area contributed by atoms with Crippen LogP contribution in [0.2, 0.25) is 0 Å². The van der Waals surface area contributed by atoms with Gasteiger partial charge in [0.2, 0.25) is 0 Å². The van der Waals surface area contributed by atoms with E-state index in [9.17, 15) is 0 Å². The van der Waals surface area contributed by atoms with Gasteiger partial charge in [0.15, 0.2) is 0 Å². The molecule has 0 radical (unpaired) electrons. The second kappa shape index (κ2) is 3.19. The van der Waals surface area contributed by atoms with Gasteiger partial charge < -0.3 is 0 Å². The third kappa shape index (κ3) is 2.08. The summed E-state index contributed by atoms with van der Waals surface area (Å²) >= 11 is 2.43. The molecule has 1 aliphatic rings. The summed E-state index contributed by atoms with van der Waals surface area (Å²) in [5, 5.41) is 0. The minimum atomic E-state index is 0.807. The number of hydrogen-bond acceptors (Lipinski definition) is 1. The van der Waals surface area contributed by atoms with Crippen molar-refractivity contribution >= 4 is 22.9 Å².